The van der Waals surface area contributed by atoms with Crippen molar-refractivity contribution < 1.29 is 4.79 Å². The van der Waals surface area contributed by atoms with Gasteiger partial charge >= 0.3 is 0 Å². The summed E-state index contributed by atoms with van der Waals surface area (Å²) in [5.41, 5.74) is 4.00. The number of allylic oxidation sites excluding steroid dienone is 1. The monoisotopic (exact) mass is 330 g/mol. The van der Waals surface area contributed by atoms with Gasteiger partial charge in [0.25, 0.3) is 0 Å². The fraction of sp³-hybridized carbons (Fsp3) is 0.0455. The molecular formula is C22H18OS. The molecule has 3 aromatic rings. The number of ketones is 1. The van der Waals surface area contributed by atoms with Gasteiger partial charge in [-0.15, -0.1) is 11.8 Å². The molecule has 1 nitrogen and oxygen atoms in total. The molecule has 0 aliphatic rings. The van der Waals surface area contributed by atoms with Crippen LogP contribution < -0.4 is 0 Å². The second-order valence-electron chi connectivity index (χ2n) is 5.41. The number of hydrogen-bond acceptors (Lipinski definition) is 2. The summed E-state index contributed by atoms with van der Waals surface area (Å²) in [7, 11) is 0. The summed E-state index contributed by atoms with van der Waals surface area (Å²) < 4.78 is 0. The minimum atomic E-state index is 0.0172. The zero-order valence-electron chi connectivity index (χ0n) is 13.5. The molecule has 0 atom stereocenters. The molecule has 0 unspecified atom stereocenters. The van der Waals surface area contributed by atoms with Gasteiger partial charge in [0.2, 0.25) is 0 Å². The van der Waals surface area contributed by atoms with Crippen molar-refractivity contribution >= 4 is 23.6 Å². The first-order chi connectivity index (χ1) is 11.8. The first kappa shape index (κ1) is 16.3. The highest BCUT2D eigenvalue weighted by molar-refractivity contribution is 7.98. The topological polar surface area (TPSA) is 17.1 Å². The second-order valence-corrected chi connectivity index (χ2v) is 6.29. The van der Waals surface area contributed by atoms with E-state index in [1.807, 2.05) is 66.9 Å². The SMILES string of the molecule is CSc1ccc(/C=C/C(=O)c2ccc(-c3ccccc3)cc2)cc1. The third kappa shape index (κ3) is 4.03. The van der Waals surface area contributed by atoms with Gasteiger partial charge in [-0.25, -0.2) is 0 Å². The van der Waals surface area contributed by atoms with Crippen LogP contribution in [0.5, 0.6) is 0 Å². The van der Waals surface area contributed by atoms with Crippen LogP contribution in [0.3, 0.4) is 0 Å². The van der Waals surface area contributed by atoms with Crippen LogP contribution in [0.4, 0.5) is 0 Å². The summed E-state index contributed by atoms with van der Waals surface area (Å²) in [5.74, 6) is 0.0172. The van der Waals surface area contributed by atoms with Gasteiger partial charge in [0.1, 0.15) is 0 Å². The zero-order valence-corrected chi connectivity index (χ0v) is 14.3. The standard InChI is InChI=1S/C22H18OS/c1-24-21-14-7-17(8-15-21)9-16-22(23)20-12-10-19(11-13-20)18-5-3-2-4-6-18/h2-16H,1H3/b16-9+. The molecule has 0 saturated heterocycles. The lowest BCUT2D eigenvalue weighted by Gasteiger charge is -2.02. The van der Waals surface area contributed by atoms with E-state index in [4.69, 9.17) is 0 Å². The number of carbonyl (C=O) groups excluding carboxylic acids is 1. The van der Waals surface area contributed by atoms with Crippen LogP contribution in [0.15, 0.2) is 89.8 Å². The summed E-state index contributed by atoms with van der Waals surface area (Å²) in [5, 5.41) is 0. The van der Waals surface area contributed by atoms with Crippen molar-refractivity contribution in [1.29, 1.82) is 0 Å². The maximum Gasteiger partial charge on any atom is 0.185 e. The minimum Gasteiger partial charge on any atom is -0.289 e. The summed E-state index contributed by atoms with van der Waals surface area (Å²) in [6.45, 7) is 0. The number of hydrogen-bond donors (Lipinski definition) is 0. The molecule has 0 fully saturated rings. The fourth-order valence-electron chi connectivity index (χ4n) is 2.44. The van der Waals surface area contributed by atoms with Crippen LogP contribution in [0.25, 0.3) is 17.2 Å². The van der Waals surface area contributed by atoms with E-state index in [-0.39, 0.29) is 5.78 Å². The van der Waals surface area contributed by atoms with Crippen LogP contribution in [-0.4, -0.2) is 12.0 Å². The van der Waals surface area contributed by atoms with Crippen molar-refractivity contribution in [3.63, 3.8) is 0 Å². The highest BCUT2D eigenvalue weighted by atomic mass is 32.2. The Morgan fingerprint density at radius 3 is 2.04 bits per heavy atom. The Bertz CT molecular complexity index is 831. The largest absolute Gasteiger partial charge is 0.289 e. The lowest BCUT2D eigenvalue weighted by Crippen LogP contribution is -1.93. The molecule has 0 aliphatic carbocycles. The number of rotatable bonds is 5. The Labute approximate surface area is 147 Å². The van der Waals surface area contributed by atoms with Crippen molar-refractivity contribution in [2.24, 2.45) is 0 Å². The Balaban J connectivity index is 1.71. The van der Waals surface area contributed by atoms with Gasteiger partial charge in [0.05, 0.1) is 0 Å². The summed E-state index contributed by atoms with van der Waals surface area (Å²) in [4.78, 5) is 13.5. The highest BCUT2D eigenvalue weighted by Crippen LogP contribution is 2.20. The molecule has 2 heteroatoms. The van der Waals surface area contributed by atoms with Crippen LogP contribution in [-0.2, 0) is 0 Å². The maximum absolute atomic E-state index is 12.3. The third-order valence-corrected chi connectivity index (χ3v) is 4.56. The third-order valence-electron chi connectivity index (χ3n) is 3.82. The van der Waals surface area contributed by atoms with Crippen LogP contribution >= 0.6 is 11.8 Å². The maximum atomic E-state index is 12.3. The van der Waals surface area contributed by atoms with Gasteiger partial charge in [0, 0.05) is 10.5 Å². The van der Waals surface area contributed by atoms with Crippen molar-refractivity contribution in [1.82, 2.24) is 0 Å². The lowest BCUT2D eigenvalue weighted by molar-refractivity contribution is 0.104. The summed E-state index contributed by atoms with van der Waals surface area (Å²) in [6.07, 6.45) is 5.54. The molecule has 3 aromatic carbocycles. The Kier molecular flexibility index (Phi) is 5.29. The van der Waals surface area contributed by atoms with E-state index < -0.39 is 0 Å². The van der Waals surface area contributed by atoms with E-state index in [2.05, 4.69) is 24.3 Å². The highest BCUT2D eigenvalue weighted by Gasteiger charge is 2.03. The zero-order chi connectivity index (χ0) is 16.8. The van der Waals surface area contributed by atoms with E-state index in [9.17, 15) is 4.79 Å². The summed E-state index contributed by atoms with van der Waals surface area (Å²) >= 11 is 1.71. The van der Waals surface area contributed by atoms with Crippen molar-refractivity contribution in [3.8, 4) is 11.1 Å². The Hall–Kier alpha value is -2.58. The van der Waals surface area contributed by atoms with Crippen molar-refractivity contribution in [2.45, 2.75) is 4.90 Å². The molecular weight excluding hydrogens is 312 g/mol. The molecule has 0 amide bonds. The van der Waals surface area contributed by atoms with E-state index in [0.717, 1.165) is 16.7 Å². The number of thioether (sulfide) groups is 1. The van der Waals surface area contributed by atoms with Gasteiger partial charge in [0.15, 0.2) is 5.78 Å². The van der Waals surface area contributed by atoms with Gasteiger partial charge in [-0.1, -0.05) is 72.8 Å². The van der Waals surface area contributed by atoms with E-state index in [1.165, 1.54) is 4.90 Å². The first-order valence-corrected chi connectivity index (χ1v) is 9.01. The van der Waals surface area contributed by atoms with Gasteiger partial charge in [-0.05, 0) is 41.2 Å². The lowest BCUT2D eigenvalue weighted by atomic mass is 10.0. The van der Waals surface area contributed by atoms with Crippen LogP contribution in [0.2, 0.25) is 0 Å². The minimum absolute atomic E-state index is 0.0172. The number of benzene rings is 3. The van der Waals surface area contributed by atoms with Gasteiger partial charge < -0.3 is 0 Å². The van der Waals surface area contributed by atoms with E-state index in [1.54, 1.807) is 17.8 Å². The van der Waals surface area contributed by atoms with E-state index in [0.29, 0.717) is 5.56 Å². The average Bonchev–Trinajstić information content (AvgIpc) is 2.67. The molecule has 0 N–H and O–H groups in total. The molecule has 24 heavy (non-hydrogen) atoms. The average molecular weight is 330 g/mol. The molecule has 118 valence electrons. The first-order valence-electron chi connectivity index (χ1n) is 7.78. The predicted octanol–water partition coefficient (Wildman–Crippen LogP) is 5.97. The van der Waals surface area contributed by atoms with Crippen molar-refractivity contribution in [3.05, 3.63) is 96.1 Å². The van der Waals surface area contributed by atoms with Gasteiger partial charge in [-0.2, -0.15) is 0 Å². The van der Waals surface area contributed by atoms with Gasteiger partial charge in [-0.3, -0.25) is 4.79 Å². The normalized spacial score (nSPS) is 10.9. The number of carbonyl (C=O) groups is 1. The second kappa shape index (κ2) is 7.80. The van der Waals surface area contributed by atoms with Crippen molar-refractivity contribution in [2.75, 3.05) is 6.26 Å². The van der Waals surface area contributed by atoms with Crippen LogP contribution in [0, 0.1) is 0 Å². The molecule has 0 aliphatic heterocycles. The Morgan fingerprint density at radius 1 is 0.792 bits per heavy atom. The Morgan fingerprint density at radius 2 is 1.42 bits per heavy atom. The smallest absolute Gasteiger partial charge is 0.185 e. The predicted molar refractivity (Wildman–Crippen MR) is 103 cm³/mol. The van der Waals surface area contributed by atoms with Crippen LogP contribution in [0.1, 0.15) is 15.9 Å². The summed E-state index contributed by atoms with van der Waals surface area (Å²) in [6, 6.07) is 26.1. The molecule has 0 bridgehead atoms. The fourth-order valence-corrected chi connectivity index (χ4v) is 2.85. The quantitative estimate of drug-likeness (QED) is 0.325. The molecule has 0 saturated carbocycles. The van der Waals surface area contributed by atoms with E-state index >= 15 is 0 Å². The molecule has 0 aromatic heterocycles. The molecule has 0 radical (unpaired) electrons. The molecule has 0 spiro atoms. The molecule has 0 heterocycles. The molecule has 3 rings (SSSR count).